The summed E-state index contributed by atoms with van der Waals surface area (Å²) >= 11 is 0. The molecule has 0 saturated carbocycles. The minimum absolute atomic E-state index is 0.205. The van der Waals surface area contributed by atoms with Gasteiger partial charge in [0.1, 0.15) is 0 Å². The van der Waals surface area contributed by atoms with E-state index in [0.29, 0.717) is 12.0 Å². The standard InChI is InChI=1S/C11H14O4/c1-11(15,7-12)5-4-8-6-9(13)2-3-10(8)14/h2-3,6,12,15H,4-5,7H2,1H3/t11-/m0/s1. The fraction of sp³-hybridized carbons (Fsp3) is 0.455. The molecule has 0 heterocycles. The van der Waals surface area contributed by atoms with E-state index in [1.807, 2.05) is 0 Å². The lowest BCUT2D eigenvalue weighted by Crippen LogP contribution is -2.29. The molecule has 1 atom stereocenters. The number of ketones is 2. The zero-order valence-corrected chi connectivity index (χ0v) is 8.56. The lowest BCUT2D eigenvalue weighted by molar-refractivity contribution is -0.114. The minimum Gasteiger partial charge on any atom is -0.393 e. The van der Waals surface area contributed by atoms with E-state index < -0.39 is 5.60 Å². The summed E-state index contributed by atoms with van der Waals surface area (Å²) in [7, 11) is 0. The molecule has 0 amide bonds. The average molecular weight is 210 g/mol. The second-order valence-corrected chi connectivity index (χ2v) is 3.92. The van der Waals surface area contributed by atoms with Gasteiger partial charge in [-0.3, -0.25) is 9.59 Å². The van der Waals surface area contributed by atoms with E-state index in [2.05, 4.69) is 0 Å². The molecule has 1 aliphatic rings. The van der Waals surface area contributed by atoms with Crippen LogP contribution in [0, 0.1) is 0 Å². The van der Waals surface area contributed by atoms with Crippen LogP contribution < -0.4 is 0 Å². The van der Waals surface area contributed by atoms with Crippen LogP contribution in [-0.4, -0.2) is 34.0 Å². The molecule has 0 bridgehead atoms. The van der Waals surface area contributed by atoms with Gasteiger partial charge in [-0.1, -0.05) is 0 Å². The molecule has 15 heavy (non-hydrogen) atoms. The van der Waals surface area contributed by atoms with Crippen LogP contribution >= 0.6 is 0 Å². The van der Waals surface area contributed by atoms with Gasteiger partial charge in [-0.15, -0.1) is 0 Å². The second-order valence-electron chi connectivity index (χ2n) is 3.92. The van der Waals surface area contributed by atoms with Crippen LogP contribution in [0.25, 0.3) is 0 Å². The van der Waals surface area contributed by atoms with Crippen LogP contribution in [0.2, 0.25) is 0 Å². The molecule has 0 aromatic heterocycles. The molecule has 4 heteroatoms. The smallest absolute Gasteiger partial charge is 0.182 e. The molecule has 1 rings (SSSR count). The normalized spacial score (nSPS) is 20.1. The molecule has 0 fully saturated rings. The summed E-state index contributed by atoms with van der Waals surface area (Å²) in [5.41, 5.74) is -0.818. The van der Waals surface area contributed by atoms with Crippen molar-refractivity contribution in [2.75, 3.05) is 6.61 Å². The SMILES string of the molecule is C[C@@](O)(CO)CCC1=CC(=O)C=CC1=O. The molecule has 0 aromatic rings. The van der Waals surface area contributed by atoms with E-state index in [1.165, 1.54) is 25.2 Å². The van der Waals surface area contributed by atoms with Crippen molar-refractivity contribution in [3.8, 4) is 0 Å². The molecule has 1 aliphatic carbocycles. The molecule has 0 saturated heterocycles. The summed E-state index contributed by atoms with van der Waals surface area (Å²) in [6.07, 6.45) is 4.27. The van der Waals surface area contributed by atoms with E-state index in [9.17, 15) is 14.7 Å². The minimum atomic E-state index is -1.20. The van der Waals surface area contributed by atoms with Crippen LogP contribution in [0.3, 0.4) is 0 Å². The van der Waals surface area contributed by atoms with E-state index in [4.69, 9.17) is 5.11 Å². The maximum Gasteiger partial charge on any atom is 0.182 e. The van der Waals surface area contributed by atoms with Crippen LogP contribution in [0.1, 0.15) is 19.8 Å². The van der Waals surface area contributed by atoms with E-state index in [1.54, 1.807) is 0 Å². The topological polar surface area (TPSA) is 74.6 Å². The van der Waals surface area contributed by atoms with Crippen LogP contribution in [-0.2, 0) is 9.59 Å². The molecule has 82 valence electrons. The van der Waals surface area contributed by atoms with E-state index >= 15 is 0 Å². The fourth-order valence-corrected chi connectivity index (χ4v) is 1.23. The molecular formula is C11H14O4. The average Bonchev–Trinajstić information content (AvgIpc) is 2.20. The van der Waals surface area contributed by atoms with Crippen molar-refractivity contribution in [1.82, 2.24) is 0 Å². The first kappa shape index (κ1) is 11.8. The maximum absolute atomic E-state index is 11.3. The van der Waals surface area contributed by atoms with Gasteiger partial charge in [0.15, 0.2) is 11.6 Å². The highest BCUT2D eigenvalue weighted by Gasteiger charge is 2.21. The number of carbonyl (C=O) groups is 2. The van der Waals surface area contributed by atoms with Gasteiger partial charge in [0, 0.05) is 5.57 Å². The number of hydrogen-bond acceptors (Lipinski definition) is 4. The molecule has 0 aromatic carbocycles. The van der Waals surface area contributed by atoms with Crippen LogP contribution in [0.15, 0.2) is 23.8 Å². The Morgan fingerprint density at radius 2 is 2.00 bits per heavy atom. The highest BCUT2D eigenvalue weighted by atomic mass is 16.3. The summed E-state index contributed by atoms with van der Waals surface area (Å²) in [5, 5.41) is 18.3. The van der Waals surface area contributed by atoms with Crippen molar-refractivity contribution in [2.24, 2.45) is 0 Å². The third-order valence-electron chi connectivity index (χ3n) is 2.31. The highest BCUT2D eigenvalue weighted by molar-refractivity contribution is 6.17. The quantitative estimate of drug-likeness (QED) is 0.647. The Labute approximate surface area is 87.9 Å². The van der Waals surface area contributed by atoms with Gasteiger partial charge in [0.05, 0.1) is 12.2 Å². The maximum atomic E-state index is 11.3. The van der Waals surface area contributed by atoms with Crippen LogP contribution in [0.5, 0.6) is 0 Å². The molecule has 4 nitrogen and oxygen atoms in total. The first-order chi connectivity index (χ1) is 6.94. The first-order valence-electron chi connectivity index (χ1n) is 4.75. The van der Waals surface area contributed by atoms with Gasteiger partial charge in [-0.2, -0.15) is 0 Å². The fourth-order valence-electron chi connectivity index (χ4n) is 1.23. The summed E-state index contributed by atoms with van der Waals surface area (Å²) in [4.78, 5) is 22.3. The largest absolute Gasteiger partial charge is 0.393 e. The number of allylic oxidation sites excluding steroid dienone is 4. The summed E-state index contributed by atoms with van der Waals surface area (Å²) in [5.74, 6) is -0.420. The Morgan fingerprint density at radius 1 is 1.33 bits per heavy atom. The molecule has 0 unspecified atom stereocenters. The second kappa shape index (κ2) is 4.51. The van der Waals surface area contributed by atoms with E-state index in [-0.39, 0.29) is 24.6 Å². The van der Waals surface area contributed by atoms with Crippen molar-refractivity contribution in [3.63, 3.8) is 0 Å². The number of hydrogen-bond donors (Lipinski definition) is 2. The summed E-state index contributed by atoms with van der Waals surface area (Å²) in [6.45, 7) is 1.12. The monoisotopic (exact) mass is 210 g/mol. The third kappa shape index (κ3) is 3.42. The van der Waals surface area contributed by atoms with E-state index in [0.717, 1.165) is 0 Å². The summed E-state index contributed by atoms with van der Waals surface area (Å²) in [6, 6.07) is 0. The first-order valence-corrected chi connectivity index (χ1v) is 4.75. The van der Waals surface area contributed by atoms with Gasteiger partial charge < -0.3 is 10.2 Å². The Bertz CT molecular complexity index is 336. The molecule has 0 radical (unpaired) electrons. The third-order valence-corrected chi connectivity index (χ3v) is 2.31. The Balaban J connectivity index is 2.59. The van der Waals surface area contributed by atoms with Crippen molar-refractivity contribution in [1.29, 1.82) is 0 Å². The number of aliphatic hydroxyl groups excluding tert-OH is 1. The van der Waals surface area contributed by atoms with Gasteiger partial charge >= 0.3 is 0 Å². The predicted octanol–water partition coefficient (Wildman–Crippen LogP) is 0.144. The van der Waals surface area contributed by atoms with Gasteiger partial charge in [-0.25, -0.2) is 0 Å². The summed E-state index contributed by atoms with van der Waals surface area (Å²) < 4.78 is 0. The Hall–Kier alpha value is -1.26. The number of carbonyl (C=O) groups excluding carboxylic acids is 2. The predicted molar refractivity (Wildman–Crippen MR) is 54.2 cm³/mol. The number of rotatable bonds is 4. The van der Waals surface area contributed by atoms with Gasteiger partial charge in [0.2, 0.25) is 0 Å². The van der Waals surface area contributed by atoms with Crippen molar-refractivity contribution < 1.29 is 19.8 Å². The zero-order chi connectivity index (χ0) is 11.5. The Kier molecular flexibility index (Phi) is 3.55. The Morgan fingerprint density at radius 3 is 2.60 bits per heavy atom. The molecule has 2 N–H and O–H groups in total. The molecular weight excluding hydrogens is 196 g/mol. The lowest BCUT2D eigenvalue weighted by atomic mass is 9.93. The molecule has 0 aliphatic heterocycles. The van der Waals surface area contributed by atoms with Gasteiger partial charge in [0.25, 0.3) is 0 Å². The molecule has 0 spiro atoms. The van der Waals surface area contributed by atoms with Crippen molar-refractivity contribution >= 4 is 11.6 Å². The number of aliphatic hydroxyl groups is 2. The van der Waals surface area contributed by atoms with Crippen LogP contribution in [0.4, 0.5) is 0 Å². The van der Waals surface area contributed by atoms with Gasteiger partial charge in [-0.05, 0) is 38.0 Å². The highest BCUT2D eigenvalue weighted by Crippen LogP contribution is 2.18. The van der Waals surface area contributed by atoms with Crippen molar-refractivity contribution in [3.05, 3.63) is 23.8 Å². The van der Waals surface area contributed by atoms with Crippen molar-refractivity contribution in [2.45, 2.75) is 25.4 Å². The zero-order valence-electron chi connectivity index (χ0n) is 8.56. The lowest BCUT2D eigenvalue weighted by Gasteiger charge is -2.20.